The summed E-state index contributed by atoms with van der Waals surface area (Å²) in [6.45, 7) is 2.08. The van der Waals surface area contributed by atoms with E-state index in [1.54, 1.807) is 7.05 Å². The fraction of sp³-hybridized carbons (Fsp3) is 0.250. The number of nitrogens with one attached hydrogen (secondary N) is 1. The summed E-state index contributed by atoms with van der Waals surface area (Å²) in [7, 11) is 1.75. The summed E-state index contributed by atoms with van der Waals surface area (Å²) in [6, 6.07) is 8.36. The van der Waals surface area contributed by atoms with Gasteiger partial charge in [-0.2, -0.15) is 15.0 Å². The third kappa shape index (κ3) is 3.58. The van der Waals surface area contributed by atoms with Gasteiger partial charge in [0.15, 0.2) is 5.16 Å². The fourth-order valence-electron chi connectivity index (χ4n) is 1.46. The van der Waals surface area contributed by atoms with E-state index in [2.05, 4.69) is 45.4 Å². The Bertz CT molecular complexity index is 547. The molecule has 0 radical (unpaired) electrons. The molecular formula is C12H13ClN4S. The number of aromatic nitrogens is 3. The van der Waals surface area contributed by atoms with Gasteiger partial charge >= 0.3 is 0 Å². The first-order valence-corrected chi connectivity index (χ1v) is 6.81. The van der Waals surface area contributed by atoms with Gasteiger partial charge in [0.2, 0.25) is 11.2 Å². The lowest BCUT2D eigenvalue weighted by atomic mass is 10.2. The highest BCUT2D eigenvalue weighted by molar-refractivity contribution is 7.98. The minimum absolute atomic E-state index is 0.209. The average molecular weight is 281 g/mol. The van der Waals surface area contributed by atoms with E-state index in [0.29, 0.717) is 11.1 Å². The monoisotopic (exact) mass is 280 g/mol. The van der Waals surface area contributed by atoms with Crippen LogP contribution in [0.2, 0.25) is 5.28 Å². The smallest absolute Gasteiger partial charge is 0.228 e. The number of hydrogen-bond acceptors (Lipinski definition) is 5. The van der Waals surface area contributed by atoms with Gasteiger partial charge in [0, 0.05) is 12.8 Å². The fourth-order valence-corrected chi connectivity index (χ4v) is 2.45. The molecule has 94 valence electrons. The summed E-state index contributed by atoms with van der Waals surface area (Å²) >= 11 is 7.36. The third-order valence-electron chi connectivity index (χ3n) is 2.26. The van der Waals surface area contributed by atoms with E-state index in [-0.39, 0.29) is 5.28 Å². The predicted octanol–water partition coefficient (Wildman–Crippen LogP) is 3.17. The molecule has 0 saturated carbocycles. The number of halogens is 1. The van der Waals surface area contributed by atoms with E-state index in [9.17, 15) is 0 Å². The van der Waals surface area contributed by atoms with Gasteiger partial charge in [-0.1, -0.05) is 41.6 Å². The minimum atomic E-state index is 0.209. The van der Waals surface area contributed by atoms with Crippen molar-refractivity contribution in [1.29, 1.82) is 0 Å². The Labute approximate surface area is 115 Å². The number of hydrogen-bond donors (Lipinski definition) is 1. The Kier molecular flexibility index (Phi) is 4.38. The van der Waals surface area contributed by atoms with E-state index in [1.165, 1.54) is 22.9 Å². The highest BCUT2D eigenvalue weighted by atomic mass is 35.5. The van der Waals surface area contributed by atoms with Crippen molar-refractivity contribution in [2.75, 3.05) is 12.4 Å². The van der Waals surface area contributed by atoms with Crippen LogP contribution in [0.3, 0.4) is 0 Å². The van der Waals surface area contributed by atoms with Gasteiger partial charge in [-0.3, -0.25) is 0 Å². The SMILES string of the molecule is CNc1nc(Cl)nc(SCc2cccc(C)c2)n1. The normalized spacial score (nSPS) is 10.4. The molecule has 0 aliphatic carbocycles. The first-order chi connectivity index (χ1) is 8.67. The van der Waals surface area contributed by atoms with Gasteiger partial charge in [0.25, 0.3) is 0 Å². The third-order valence-corrected chi connectivity index (χ3v) is 3.35. The topological polar surface area (TPSA) is 50.7 Å². The van der Waals surface area contributed by atoms with Crippen molar-refractivity contribution < 1.29 is 0 Å². The van der Waals surface area contributed by atoms with Gasteiger partial charge in [0.05, 0.1) is 0 Å². The summed E-state index contributed by atoms with van der Waals surface area (Å²) in [6.07, 6.45) is 0. The van der Waals surface area contributed by atoms with Crippen molar-refractivity contribution in [3.05, 3.63) is 40.7 Å². The maximum Gasteiger partial charge on any atom is 0.228 e. The molecule has 0 unspecified atom stereocenters. The molecule has 0 atom stereocenters. The first kappa shape index (κ1) is 13.1. The number of nitrogens with zero attached hydrogens (tertiary/aromatic N) is 3. The molecule has 1 heterocycles. The quantitative estimate of drug-likeness (QED) is 0.872. The molecule has 4 nitrogen and oxygen atoms in total. The van der Waals surface area contributed by atoms with Crippen LogP contribution < -0.4 is 5.32 Å². The molecule has 18 heavy (non-hydrogen) atoms. The van der Waals surface area contributed by atoms with Crippen LogP contribution in [0.5, 0.6) is 0 Å². The Hall–Kier alpha value is -1.33. The molecule has 0 saturated heterocycles. The maximum atomic E-state index is 5.82. The lowest BCUT2D eigenvalue weighted by Crippen LogP contribution is -2.00. The molecule has 0 bridgehead atoms. The summed E-state index contributed by atoms with van der Waals surface area (Å²) in [5, 5.41) is 3.69. The molecule has 2 rings (SSSR count). The lowest BCUT2D eigenvalue weighted by Gasteiger charge is -2.04. The second-order valence-corrected chi connectivity index (χ2v) is 5.02. The molecule has 0 aliphatic rings. The Morgan fingerprint density at radius 1 is 1.28 bits per heavy atom. The van der Waals surface area contributed by atoms with Gasteiger partial charge in [-0.15, -0.1) is 0 Å². The zero-order chi connectivity index (χ0) is 13.0. The van der Waals surface area contributed by atoms with Crippen molar-refractivity contribution >= 4 is 29.3 Å². The predicted molar refractivity (Wildman–Crippen MR) is 75.1 cm³/mol. The largest absolute Gasteiger partial charge is 0.357 e. The molecule has 1 aromatic carbocycles. The van der Waals surface area contributed by atoms with Crippen LogP contribution in [-0.4, -0.2) is 22.0 Å². The first-order valence-electron chi connectivity index (χ1n) is 5.45. The highest BCUT2D eigenvalue weighted by Crippen LogP contribution is 2.21. The van der Waals surface area contributed by atoms with Crippen LogP contribution in [0, 0.1) is 6.92 Å². The molecule has 2 aromatic rings. The van der Waals surface area contributed by atoms with Crippen molar-refractivity contribution in [1.82, 2.24) is 15.0 Å². The van der Waals surface area contributed by atoms with Gasteiger partial charge < -0.3 is 5.32 Å². The van der Waals surface area contributed by atoms with E-state index < -0.39 is 0 Å². The Morgan fingerprint density at radius 3 is 2.83 bits per heavy atom. The van der Waals surface area contributed by atoms with E-state index in [0.717, 1.165) is 5.75 Å². The number of anilines is 1. The maximum absolute atomic E-state index is 5.82. The number of aryl methyl sites for hydroxylation is 1. The van der Waals surface area contributed by atoms with Gasteiger partial charge in [0.1, 0.15) is 0 Å². The van der Waals surface area contributed by atoms with Crippen molar-refractivity contribution in [3.8, 4) is 0 Å². The van der Waals surface area contributed by atoms with E-state index >= 15 is 0 Å². The summed E-state index contributed by atoms with van der Waals surface area (Å²) in [4.78, 5) is 12.3. The molecular weight excluding hydrogens is 268 g/mol. The number of thioether (sulfide) groups is 1. The van der Waals surface area contributed by atoms with Crippen LogP contribution in [0.15, 0.2) is 29.4 Å². The van der Waals surface area contributed by atoms with Crippen molar-refractivity contribution in [2.45, 2.75) is 17.8 Å². The van der Waals surface area contributed by atoms with E-state index in [4.69, 9.17) is 11.6 Å². The molecule has 0 aliphatic heterocycles. The lowest BCUT2D eigenvalue weighted by molar-refractivity contribution is 0.908. The van der Waals surface area contributed by atoms with Crippen molar-refractivity contribution in [2.24, 2.45) is 0 Å². The zero-order valence-electron chi connectivity index (χ0n) is 10.1. The van der Waals surface area contributed by atoms with Crippen molar-refractivity contribution in [3.63, 3.8) is 0 Å². The highest BCUT2D eigenvalue weighted by Gasteiger charge is 2.05. The summed E-state index contributed by atoms with van der Waals surface area (Å²) < 4.78 is 0. The molecule has 1 aromatic heterocycles. The summed E-state index contributed by atoms with van der Waals surface area (Å²) in [5.41, 5.74) is 2.49. The number of benzene rings is 1. The zero-order valence-corrected chi connectivity index (χ0v) is 11.7. The van der Waals surface area contributed by atoms with Gasteiger partial charge in [-0.05, 0) is 24.1 Å². The van der Waals surface area contributed by atoms with Crippen LogP contribution in [0.4, 0.5) is 5.95 Å². The van der Waals surface area contributed by atoms with Crippen LogP contribution in [-0.2, 0) is 5.75 Å². The summed E-state index contributed by atoms with van der Waals surface area (Å²) in [5.74, 6) is 1.30. The number of rotatable bonds is 4. The second kappa shape index (κ2) is 6.02. The minimum Gasteiger partial charge on any atom is -0.357 e. The molecule has 6 heteroatoms. The van der Waals surface area contributed by atoms with Gasteiger partial charge in [-0.25, -0.2) is 0 Å². The van der Waals surface area contributed by atoms with Crippen LogP contribution >= 0.6 is 23.4 Å². The molecule has 1 N–H and O–H groups in total. The Morgan fingerprint density at radius 2 is 2.11 bits per heavy atom. The Balaban J connectivity index is 2.08. The molecule has 0 amide bonds. The average Bonchev–Trinajstić information content (AvgIpc) is 2.36. The standard InChI is InChI=1S/C12H13ClN4S/c1-8-4-3-5-9(6-8)7-18-12-16-10(13)15-11(14-2)17-12/h3-6H,7H2,1-2H3,(H,14,15,16,17). The van der Waals surface area contributed by atoms with Crippen LogP contribution in [0.1, 0.15) is 11.1 Å². The molecule has 0 spiro atoms. The van der Waals surface area contributed by atoms with E-state index in [1.807, 2.05) is 6.07 Å². The molecule has 0 fully saturated rings. The second-order valence-electron chi connectivity index (χ2n) is 3.74. The van der Waals surface area contributed by atoms with Crippen LogP contribution in [0.25, 0.3) is 0 Å².